The van der Waals surface area contributed by atoms with Crippen LogP contribution in [0.1, 0.15) is 5.56 Å². The van der Waals surface area contributed by atoms with Gasteiger partial charge in [0.1, 0.15) is 24.4 Å². The lowest BCUT2D eigenvalue weighted by molar-refractivity contribution is 0.0551. The number of ether oxygens (including phenoxy) is 1. The smallest absolute Gasteiger partial charge is 0.139 e. The molecule has 3 rings (SSSR count). The third-order valence-electron chi connectivity index (χ3n) is 2.59. The molecular formula is C13H12N4O. The zero-order chi connectivity index (χ0) is 12.2. The Balaban J connectivity index is 1.62. The summed E-state index contributed by atoms with van der Waals surface area (Å²) in [5, 5.41) is 4.20. The van der Waals surface area contributed by atoms with E-state index >= 15 is 0 Å². The molecule has 0 radical (unpaired) electrons. The molecule has 1 aromatic rings. The molecule has 18 heavy (non-hydrogen) atoms. The largest absolute Gasteiger partial charge is 0.355 e. The Kier molecular flexibility index (Phi) is 2.97. The Hall–Kier alpha value is -2.27. The molecular weight excluding hydrogens is 228 g/mol. The first-order chi connectivity index (χ1) is 8.92. The lowest BCUT2D eigenvalue weighted by Crippen LogP contribution is -2.07. The molecule has 0 unspecified atom stereocenters. The summed E-state index contributed by atoms with van der Waals surface area (Å²) in [7, 11) is 0. The Morgan fingerprint density at radius 3 is 2.78 bits per heavy atom. The summed E-state index contributed by atoms with van der Waals surface area (Å²) in [4.78, 5) is 8.18. The van der Waals surface area contributed by atoms with Gasteiger partial charge in [-0.1, -0.05) is 30.3 Å². The Labute approximate surface area is 104 Å². The van der Waals surface area contributed by atoms with Crippen molar-refractivity contribution in [3.63, 3.8) is 0 Å². The molecule has 0 fully saturated rings. The highest BCUT2D eigenvalue weighted by atomic mass is 16.5. The van der Waals surface area contributed by atoms with Crippen molar-refractivity contribution < 1.29 is 4.74 Å². The third kappa shape index (κ3) is 2.36. The number of fused-ring (bicyclic) bond motifs is 1. The van der Waals surface area contributed by atoms with E-state index in [9.17, 15) is 0 Å². The van der Waals surface area contributed by atoms with Gasteiger partial charge in [-0.15, -0.1) is 0 Å². The summed E-state index contributed by atoms with van der Waals surface area (Å²) in [6, 6.07) is 10.0. The molecule has 0 saturated carbocycles. The highest BCUT2D eigenvalue weighted by Crippen LogP contribution is 2.13. The highest BCUT2D eigenvalue weighted by Gasteiger charge is 2.05. The van der Waals surface area contributed by atoms with Crippen LogP contribution in [0.4, 0.5) is 0 Å². The van der Waals surface area contributed by atoms with Crippen molar-refractivity contribution in [2.45, 2.75) is 13.3 Å². The van der Waals surface area contributed by atoms with Crippen LogP contribution in [0.3, 0.4) is 0 Å². The Morgan fingerprint density at radius 1 is 1.06 bits per heavy atom. The van der Waals surface area contributed by atoms with Crippen molar-refractivity contribution in [1.29, 1.82) is 0 Å². The minimum Gasteiger partial charge on any atom is -0.355 e. The average molecular weight is 240 g/mol. The first-order valence-electron chi connectivity index (χ1n) is 5.67. The van der Waals surface area contributed by atoms with Crippen LogP contribution in [-0.4, -0.2) is 19.7 Å². The number of hydrogen-bond acceptors (Lipinski definition) is 4. The predicted octanol–water partition coefficient (Wildman–Crippen LogP) is 1.95. The van der Waals surface area contributed by atoms with E-state index in [1.54, 1.807) is 10.9 Å². The molecule has 1 aromatic carbocycles. The lowest BCUT2D eigenvalue weighted by Gasteiger charge is -2.07. The van der Waals surface area contributed by atoms with Crippen molar-refractivity contribution in [2.75, 3.05) is 0 Å². The summed E-state index contributed by atoms with van der Waals surface area (Å²) in [6.07, 6.45) is 5.04. The minimum atomic E-state index is 0.400. The maximum absolute atomic E-state index is 5.58. The van der Waals surface area contributed by atoms with Crippen LogP contribution in [0, 0.1) is 0 Å². The van der Waals surface area contributed by atoms with Gasteiger partial charge in [-0.25, -0.2) is 14.6 Å². The van der Waals surface area contributed by atoms with E-state index in [0.717, 1.165) is 17.0 Å². The monoisotopic (exact) mass is 240 g/mol. The number of benzene rings is 1. The second-order valence-corrected chi connectivity index (χ2v) is 3.92. The number of aromatic nitrogens is 4. The average Bonchev–Trinajstić information content (AvgIpc) is 2.87. The fraction of sp³-hybridized carbons (Fsp3) is 0.154. The molecule has 0 amide bonds. The van der Waals surface area contributed by atoms with Crippen LogP contribution in [0.2, 0.25) is 0 Å². The normalized spacial score (nSPS) is 10.9. The summed E-state index contributed by atoms with van der Waals surface area (Å²) in [6.45, 7) is 0.970. The van der Waals surface area contributed by atoms with Gasteiger partial charge in [0.15, 0.2) is 0 Å². The van der Waals surface area contributed by atoms with E-state index in [0.29, 0.717) is 13.3 Å². The van der Waals surface area contributed by atoms with Crippen LogP contribution in [-0.2, 0) is 18.1 Å². The first-order valence-corrected chi connectivity index (χ1v) is 5.67. The standard InChI is InChI=1S/C13H12N4O/c1-2-4-11(5-3-1)8-18-10-17-7-13-12(6-16-17)14-9-15-13/h1-7,9H,8,10H2. The second kappa shape index (κ2) is 4.93. The molecule has 0 aromatic heterocycles. The van der Waals surface area contributed by atoms with Crippen LogP contribution in [0.5, 0.6) is 0 Å². The van der Waals surface area contributed by atoms with Gasteiger partial charge in [0.05, 0.1) is 19.0 Å². The Morgan fingerprint density at radius 2 is 1.89 bits per heavy atom. The first kappa shape index (κ1) is 10.9. The van der Waals surface area contributed by atoms with Crippen molar-refractivity contribution in [3.8, 4) is 11.4 Å². The van der Waals surface area contributed by atoms with Gasteiger partial charge < -0.3 is 4.74 Å². The number of nitrogens with zero attached hydrogens (tertiary/aromatic N) is 4. The quantitative estimate of drug-likeness (QED) is 0.699. The minimum absolute atomic E-state index is 0.400. The summed E-state index contributed by atoms with van der Waals surface area (Å²) < 4.78 is 7.29. The molecule has 5 heteroatoms. The fourth-order valence-electron chi connectivity index (χ4n) is 1.69. The fourth-order valence-corrected chi connectivity index (χ4v) is 1.69. The van der Waals surface area contributed by atoms with Crippen molar-refractivity contribution in [1.82, 2.24) is 19.7 Å². The lowest BCUT2D eigenvalue weighted by atomic mass is 10.2. The van der Waals surface area contributed by atoms with Gasteiger partial charge in [0, 0.05) is 0 Å². The van der Waals surface area contributed by atoms with E-state index in [4.69, 9.17) is 4.74 Å². The maximum Gasteiger partial charge on any atom is 0.139 e. The summed E-state index contributed by atoms with van der Waals surface area (Å²) in [5.41, 5.74) is 2.77. The van der Waals surface area contributed by atoms with E-state index < -0.39 is 0 Å². The van der Waals surface area contributed by atoms with E-state index in [1.165, 1.54) is 6.33 Å². The topological polar surface area (TPSA) is 52.8 Å². The van der Waals surface area contributed by atoms with E-state index in [2.05, 4.69) is 15.1 Å². The van der Waals surface area contributed by atoms with E-state index in [1.807, 2.05) is 36.5 Å². The molecule has 2 aliphatic heterocycles. The third-order valence-corrected chi connectivity index (χ3v) is 2.59. The summed E-state index contributed by atoms with van der Waals surface area (Å²) in [5.74, 6) is 0. The van der Waals surface area contributed by atoms with Crippen LogP contribution in [0.15, 0.2) is 49.1 Å². The van der Waals surface area contributed by atoms with Crippen LogP contribution < -0.4 is 0 Å². The molecule has 90 valence electrons. The van der Waals surface area contributed by atoms with Crippen molar-refractivity contribution in [2.24, 2.45) is 0 Å². The van der Waals surface area contributed by atoms with Crippen molar-refractivity contribution >= 4 is 0 Å². The zero-order valence-corrected chi connectivity index (χ0v) is 9.73. The van der Waals surface area contributed by atoms with Crippen molar-refractivity contribution in [3.05, 3.63) is 54.6 Å². The van der Waals surface area contributed by atoms with Gasteiger partial charge in [-0.05, 0) is 5.56 Å². The molecule has 0 spiro atoms. The van der Waals surface area contributed by atoms with Gasteiger partial charge in [-0.3, -0.25) is 0 Å². The van der Waals surface area contributed by atoms with Crippen LogP contribution in [0.25, 0.3) is 11.4 Å². The second-order valence-electron chi connectivity index (χ2n) is 3.92. The molecule has 2 heterocycles. The molecule has 0 N–H and O–H groups in total. The molecule has 0 bridgehead atoms. The predicted molar refractivity (Wildman–Crippen MR) is 65.7 cm³/mol. The van der Waals surface area contributed by atoms with E-state index in [-0.39, 0.29) is 0 Å². The molecule has 2 aliphatic rings. The van der Waals surface area contributed by atoms with Gasteiger partial charge >= 0.3 is 0 Å². The number of hydrogen-bond donors (Lipinski definition) is 0. The number of imidazole rings is 1. The highest BCUT2D eigenvalue weighted by molar-refractivity contribution is 5.51. The molecule has 5 nitrogen and oxygen atoms in total. The molecule has 0 aliphatic carbocycles. The zero-order valence-electron chi connectivity index (χ0n) is 9.73. The SMILES string of the molecule is c1ccc(COCn2cc3ncnc-3cn2)cc1. The molecule has 0 atom stereocenters. The van der Waals surface area contributed by atoms with Gasteiger partial charge in [0.2, 0.25) is 0 Å². The van der Waals surface area contributed by atoms with Crippen LogP contribution >= 0.6 is 0 Å². The van der Waals surface area contributed by atoms with Gasteiger partial charge in [0.25, 0.3) is 0 Å². The van der Waals surface area contributed by atoms with Gasteiger partial charge in [-0.2, -0.15) is 5.10 Å². The number of rotatable bonds is 4. The molecule has 0 saturated heterocycles. The Bertz CT molecular complexity index is 593. The summed E-state index contributed by atoms with van der Waals surface area (Å²) >= 11 is 0. The maximum atomic E-state index is 5.58.